The van der Waals surface area contributed by atoms with Gasteiger partial charge in [-0.3, -0.25) is 0 Å². The minimum atomic E-state index is -0.166. The van der Waals surface area contributed by atoms with Crippen molar-refractivity contribution in [3.63, 3.8) is 0 Å². The molecule has 0 atom stereocenters. The third-order valence-electron chi connectivity index (χ3n) is 3.42. The highest BCUT2D eigenvalue weighted by Crippen LogP contribution is 2.36. The van der Waals surface area contributed by atoms with Crippen LogP contribution in [0.5, 0.6) is 0 Å². The van der Waals surface area contributed by atoms with Crippen molar-refractivity contribution in [2.45, 2.75) is 38.2 Å². The van der Waals surface area contributed by atoms with Gasteiger partial charge in [0.05, 0.1) is 6.10 Å². The first kappa shape index (κ1) is 13.2. The summed E-state index contributed by atoms with van der Waals surface area (Å²) < 4.78 is 0. The summed E-state index contributed by atoms with van der Waals surface area (Å²) in [5.41, 5.74) is 1.03. The van der Waals surface area contributed by atoms with E-state index in [1.165, 1.54) is 0 Å². The monoisotopic (exact) mass is 251 g/mol. The molecule has 1 aromatic heterocycles. The molecule has 0 spiro atoms. The Hall–Kier alpha value is -1.20. The molecule has 0 radical (unpaired) electrons. The molecule has 1 aromatic rings. The number of rotatable bonds is 5. The van der Waals surface area contributed by atoms with Gasteiger partial charge in [0.2, 0.25) is 0 Å². The Morgan fingerprint density at radius 3 is 2.72 bits per heavy atom. The van der Waals surface area contributed by atoms with E-state index in [1.807, 2.05) is 24.9 Å². The van der Waals surface area contributed by atoms with Gasteiger partial charge in [-0.05, 0) is 26.2 Å². The Morgan fingerprint density at radius 2 is 2.11 bits per heavy atom. The van der Waals surface area contributed by atoms with E-state index >= 15 is 0 Å². The molecule has 0 aromatic carbocycles. The van der Waals surface area contributed by atoms with Gasteiger partial charge in [0.1, 0.15) is 11.6 Å². The third-order valence-corrected chi connectivity index (χ3v) is 3.42. The lowest BCUT2D eigenvalue weighted by atomic mass is 9.80. The van der Waals surface area contributed by atoms with Crippen molar-refractivity contribution in [1.29, 1.82) is 0 Å². The molecule has 2 rings (SSSR count). The van der Waals surface area contributed by atoms with Gasteiger partial charge in [0.25, 0.3) is 0 Å². The fraction of sp³-hybridized carbons (Fsp3) is 0.692. The average molecular weight is 251 g/mol. The van der Waals surface area contributed by atoms with Crippen LogP contribution in [0, 0.1) is 6.92 Å². The highest BCUT2D eigenvalue weighted by Gasteiger charge is 2.30. The first-order valence-corrected chi connectivity index (χ1v) is 6.45. The summed E-state index contributed by atoms with van der Waals surface area (Å²) >= 11 is 0. The van der Waals surface area contributed by atoms with Crippen LogP contribution in [0.4, 0.5) is 5.82 Å². The number of nitrogens with zero attached hydrogens (tertiary/aromatic N) is 3. The number of aryl methyl sites for hydroxylation is 1. The lowest BCUT2D eigenvalue weighted by Gasteiger charge is -2.31. The largest absolute Gasteiger partial charge is 0.396 e. The molecule has 2 N–H and O–H groups in total. The zero-order chi connectivity index (χ0) is 13.1. The summed E-state index contributed by atoms with van der Waals surface area (Å²) in [6, 6.07) is 2.00. The third kappa shape index (κ3) is 2.97. The van der Waals surface area contributed by atoms with Crippen molar-refractivity contribution in [3.8, 4) is 0 Å². The maximum Gasteiger partial charge on any atom is 0.132 e. The second kappa shape index (κ2) is 5.63. The summed E-state index contributed by atoms with van der Waals surface area (Å²) in [7, 11) is 1.97. The van der Waals surface area contributed by atoms with Crippen molar-refractivity contribution >= 4 is 5.82 Å². The number of hydrogen-bond donors (Lipinski definition) is 2. The number of anilines is 1. The van der Waals surface area contributed by atoms with E-state index in [4.69, 9.17) is 5.11 Å². The molecule has 0 unspecified atom stereocenters. The van der Waals surface area contributed by atoms with Crippen LogP contribution in [-0.2, 0) is 0 Å². The number of aliphatic hydroxyl groups excluding tert-OH is 2. The van der Waals surface area contributed by atoms with E-state index in [-0.39, 0.29) is 12.7 Å². The van der Waals surface area contributed by atoms with Gasteiger partial charge in [-0.15, -0.1) is 0 Å². The van der Waals surface area contributed by atoms with Crippen molar-refractivity contribution in [2.75, 3.05) is 25.1 Å². The molecule has 5 heteroatoms. The predicted octanol–water partition coefficient (Wildman–Crippen LogP) is 0.842. The zero-order valence-electron chi connectivity index (χ0n) is 11.0. The zero-order valence-corrected chi connectivity index (χ0v) is 11.0. The lowest BCUT2D eigenvalue weighted by molar-refractivity contribution is 0.0731. The molecular formula is C13H21N3O2. The molecule has 18 heavy (non-hydrogen) atoms. The van der Waals surface area contributed by atoms with Gasteiger partial charge in [-0.1, -0.05) is 0 Å². The van der Waals surface area contributed by atoms with Crippen LogP contribution in [0.2, 0.25) is 0 Å². The lowest BCUT2D eigenvalue weighted by Crippen LogP contribution is -2.28. The maximum absolute atomic E-state index is 9.36. The van der Waals surface area contributed by atoms with Gasteiger partial charge < -0.3 is 15.1 Å². The van der Waals surface area contributed by atoms with E-state index in [0.717, 1.165) is 43.1 Å². The SMILES string of the molecule is Cc1nc(C2CC(O)C2)cc(N(C)CCCO)n1. The van der Waals surface area contributed by atoms with E-state index in [0.29, 0.717) is 5.92 Å². The Morgan fingerprint density at radius 1 is 1.39 bits per heavy atom. The standard InChI is InChI=1S/C13H21N3O2/c1-9-14-12(10-6-11(18)7-10)8-13(15-9)16(2)4-3-5-17/h8,10-11,17-18H,3-7H2,1-2H3. The topological polar surface area (TPSA) is 69.5 Å². The van der Waals surface area contributed by atoms with Crippen LogP contribution in [0.1, 0.15) is 36.7 Å². The molecule has 0 amide bonds. The van der Waals surface area contributed by atoms with Gasteiger partial charge in [0.15, 0.2) is 0 Å². The minimum absolute atomic E-state index is 0.166. The summed E-state index contributed by atoms with van der Waals surface area (Å²) in [5, 5.41) is 18.2. The second-order valence-electron chi connectivity index (χ2n) is 5.02. The fourth-order valence-electron chi connectivity index (χ4n) is 2.23. The van der Waals surface area contributed by atoms with Crippen LogP contribution in [0.25, 0.3) is 0 Å². The van der Waals surface area contributed by atoms with Crippen molar-refractivity contribution in [2.24, 2.45) is 0 Å². The Kier molecular flexibility index (Phi) is 4.14. The molecule has 1 aliphatic carbocycles. The molecule has 100 valence electrons. The predicted molar refractivity (Wildman–Crippen MR) is 69.7 cm³/mol. The molecule has 0 saturated heterocycles. The van der Waals surface area contributed by atoms with Gasteiger partial charge in [-0.2, -0.15) is 0 Å². The van der Waals surface area contributed by atoms with E-state index in [9.17, 15) is 5.11 Å². The summed E-state index contributed by atoms with van der Waals surface area (Å²) in [5.74, 6) is 2.03. The number of aliphatic hydroxyl groups is 2. The number of aromatic nitrogens is 2. The molecule has 1 heterocycles. The Bertz CT molecular complexity index is 405. The van der Waals surface area contributed by atoms with E-state index < -0.39 is 0 Å². The molecule has 1 fully saturated rings. The summed E-state index contributed by atoms with van der Waals surface area (Å²) in [6.45, 7) is 2.86. The fourth-order valence-corrected chi connectivity index (χ4v) is 2.23. The molecule has 5 nitrogen and oxygen atoms in total. The highest BCUT2D eigenvalue weighted by molar-refractivity contribution is 5.40. The average Bonchev–Trinajstić information content (AvgIpc) is 2.31. The Balaban J connectivity index is 2.10. The first-order valence-electron chi connectivity index (χ1n) is 6.45. The number of hydrogen-bond acceptors (Lipinski definition) is 5. The second-order valence-corrected chi connectivity index (χ2v) is 5.02. The normalized spacial score (nSPS) is 22.7. The van der Waals surface area contributed by atoms with E-state index in [2.05, 4.69) is 9.97 Å². The van der Waals surface area contributed by atoms with Gasteiger partial charge in [0, 0.05) is 37.9 Å². The van der Waals surface area contributed by atoms with Gasteiger partial charge >= 0.3 is 0 Å². The van der Waals surface area contributed by atoms with Gasteiger partial charge in [-0.25, -0.2) is 9.97 Å². The van der Waals surface area contributed by atoms with Crippen LogP contribution >= 0.6 is 0 Å². The molecule has 0 aliphatic heterocycles. The first-order chi connectivity index (χ1) is 8.60. The van der Waals surface area contributed by atoms with Crippen LogP contribution < -0.4 is 4.90 Å². The molecule has 1 aliphatic rings. The molecular weight excluding hydrogens is 230 g/mol. The molecule has 0 bridgehead atoms. The van der Waals surface area contributed by atoms with Crippen LogP contribution in [-0.4, -0.2) is 46.5 Å². The molecule has 1 saturated carbocycles. The van der Waals surface area contributed by atoms with Crippen molar-refractivity contribution in [3.05, 3.63) is 17.6 Å². The van der Waals surface area contributed by atoms with E-state index in [1.54, 1.807) is 0 Å². The summed E-state index contributed by atoms with van der Waals surface area (Å²) in [6.07, 6.45) is 2.17. The highest BCUT2D eigenvalue weighted by atomic mass is 16.3. The maximum atomic E-state index is 9.36. The minimum Gasteiger partial charge on any atom is -0.396 e. The Labute approximate surface area is 107 Å². The van der Waals surface area contributed by atoms with Crippen molar-refractivity contribution in [1.82, 2.24) is 9.97 Å². The van der Waals surface area contributed by atoms with Crippen LogP contribution in [0.3, 0.4) is 0 Å². The van der Waals surface area contributed by atoms with Crippen molar-refractivity contribution < 1.29 is 10.2 Å². The smallest absolute Gasteiger partial charge is 0.132 e. The summed E-state index contributed by atoms with van der Waals surface area (Å²) in [4.78, 5) is 10.9. The van der Waals surface area contributed by atoms with Crippen LogP contribution in [0.15, 0.2) is 6.07 Å². The quantitative estimate of drug-likeness (QED) is 0.811.